The number of aliphatic carboxylic acids is 1. The SMILES string of the molecule is CCCCN=S(=O)(CC(=O)O)Cc1ccc(F)cc1. The second-order valence-corrected chi connectivity index (χ2v) is 6.67. The van der Waals surface area contributed by atoms with Crippen LogP contribution in [-0.4, -0.2) is 27.6 Å². The van der Waals surface area contributed by atoms with Crippen molar-refractivity contribution in [2.45, 2.75) is 25.5 Å². The Balaban J connectivity index is 2.90. The first-order chi connectivity index (χ1) is 8.95. The van der Waals surface area contributed by atoms with Gasteiger partial charge in [-0.1, -0.05) is 25.5 Å². The molecule has 106 valence electrons. The van der Waals surface area contributed by atoms with E-state index in [-0.39, 0.29) is 11.6 Å². The number of benzene rings is 1. The van der Waals surface area contributed by atoms with Crippen LogP contribution in [0.1, 0.15) is 25.3 Å². The summed E-state index contributed by atoms with van der Waals surface area (Å²) >= 11 is 0. The van der Waals surface area contributed by atoms with Gasteiger partial charge in [-0.2, -0.15) is 0 Å². The highest BCUT2D eigenvalue weighted by atomic mass is 32.2. The number of carboxylic acid groups (broad SMARTS) is 1. The fraction of sp³-hybridized carbons (Fsp3) is 0.462. The molecule has 0 aliphatic carbocycles. The Morgan fingerprint density at radius 2 is 2.00 bits per heavy atom. The van der Waals surface area contributed by atoms with Crippen molar-refractivity contribution in [3.8, 4) is 0 Å². The molecule has 1 rings (SSSR count). The van der Waals surface area contributed by atoms with Crippen LogP contribution in [0.15, 0.2) is 28.6 Å². The quantitative estimate of drug-likeness (QED) is 0.784. The second kappa shape index (κ2) is 7.23. The summed E-state index contributed by atoms with van der Waals surface area (Å²) in [4.78, 5) is 10.8. The molecule has 1 aromatic rings. The number of halogens is 1. The van der Waals surface area contributed by atoms with Gasteiger partial charge in [0.1, 0.15) is 11.6 Å². The van der Waals surface area contributed by atoms with Gasteiger partial charge in [-0.3, -0.25) is 4.79 Å². The summed E-state index contributed by atoms with van der Waals surface area (Å²) in [6.07, 6.45) is 1.68. The number of nitrogens with zero attached hydrogens (tertiary/aromatic N) is 1. The van der Waals surface area contributed by atoms with Gasteiger partial charge in [-0.15, -0.1) is 0 Å². The number of unbranched alkanes of at least 4 members (excludes halogenated alkanes) is 1. The molecule has 0 radical (unpaired) electrons. The van der Waals surface area contributed by atoms with Gasteiger partial charge in [-0.25, -0.2) is 13.0 Å². The molecule has 0 amide bonds. The molecule has 4 nitrogen and oxygen atoms in total. The van der Waals surface area contributed by atoms with Crippen LogP contribution in [0, 0.1) is 5.82 Å². The summed E-state index contributed by atoms with van der Waals surface area (Å²) in [6, 6.07) is 5.54. The summed E-state index contributed by atoms with van der Waals surface area (Å²) in [7, 11) is -2.82. The number of rotatable bonds is 7. The molecule has 0 bridgehead atoms. The van der Waals surface area contributed by atoms with Crippen LogP contribution in [0.4, 0.5) is 4.39 Å². The van der Waals surface area contributed by atoms with Crippen molar-refractivity contribution in [2.75, 3.05) is 12.3 Å². The number of hydrogen-bond acceptors (Lipinski definition) is 3. The van der Waals surface area contributed by atoms with Gasteiger partial charge < -0.3 is 5.11 Å². The standard InChI is InChI=1S/C13H18FNO3S/c1-2-3-8-15-19(18,10-13(16)17)9-11-4-6-12(14)7-5-11/h4-7H,2-3,8-10H2,1H3,(H,16,17). The van der Waals surface area contributed by atoms with E-state index in [2.05, 4.69) is 4.36 Å². The van der Waals surface area contributed by atoms with Crippen LogP contribution in [0.25, 0.3) is 0 Å². The van der Waals surface area contributed by atoms with Gasteiger partial charge in [0, 0.05) is 6.54 Å². The molecule has 0 heterocycles. The number of carboxylic acids is 1. The molecule has 6 heteroatoms. The average molecular weight is 287 g/mol. The van der Waals surface area contributed by atoms with Gasteiger partial charge in [-0.05, 0) is 24.1 Å². The lowest BCUT2D eigenvalue weighted by molar-refractivity contribution is -0.134. The van der Waals surface area contributed by atoms with Crippen LogP contribution >= 0.6 is 0 Å². The van der Waals surface area contributed by atoms with E-state index in [0.29, 0.717) is 12.1 Å². The van der Waals surface area contributed by atoms with Crippen LogP contribution in [0.3, 0.4) is 0 Å². The van der Waals surface area contributed by atoms with Gasteiger partial charge in [0.2, 0.25) is 0 Å². The highest BCUT2D eigenvalue weighted by Crippen LogP contribution is 2.11. The predicted octanol–water partition coefficient (Wildman–Crippen LogP) is 2.68. The van der Waals surface area contributed by atoms with Crippen molar-refractivity contribution < 1.29 is 18.5 Å². The Hall–Kier alpha value is -1.43. The second-order valence-electron chi connectivity index (χ2n) is 4.29. The third-order valence-electron chi connectivity index (χ3n) is 2.49. The van der Waals surface area contributed by atoms with E-state index in [0.717, 1.165) is 12.8 Å². The van der Waals surface area contributed by atoms with Gasteiger partial charge in [0.25, 0.3) is 0 Å². The van der Waals surface area contributed by atoms with E-state index in [1.807, 2.05) is 6.92 Å². The van der Waals surface area contributed by atoms with Crippen LogP contribution in [-0.2, 0) is 20.3 Å². The maximum absolute atomic E-state index is 12.8. The molecule has 0 aliphatic heterocycles. The molecule has 1 atom stereocenters. The third-order valence-corrected chi connectivity index (χ3v) is 4.63. The van der Waals surface area contributed by atoms with Crippen molar-refractivity contribution in [3.63, 3.8) is 0 Å². The maximum atomic E-state index is 12.8. The summed E-state index contributed by atoms with van der Waals surface area (Å²) in [5.41, 5.74) is 0.632. The van der Waals surface area contributed by atoms with Crippen molar-refractivity contribution in [1.82, 2.24) is 0 Å². The van der Waals surface area contributed by atoms with Crippen LogP contribution < -0.4 is 0 Å². The van der Waals surface area contributed by atoms with Crippen molar-refractivity contribution >= 4 is 15.7 Å². The predicted molar refractivity (Wildman–Crippen MR) is 73.0 cm³/mol. The van der Waals surface area contributed by atoms with Crippen LogP contribution in [0.2, 0.25) is 0 Å². The van der Waals surface area contributed by atoms with E-state index in [1.165, 1.54) is 24.3 Å². The molecule has 0 aliphatic rings. The van der Waals surface area contributed by atoms with Gasteiger partial charge in [0.15, 0.2) is 0 Å². The molecule has 1 aromatic carbocycles. The molecular weight excluding hydrogens is 269 g/mol. The first-order valence-electron chi connectivity index (χ1n) is 6.10. The topological polar surface area (TPSA) is 66.7 Å². The Bertz CT molecular complexity index is 533. The molecule has 0 fully saturated rings. The highest BCUT2D eigenvalue weighted by molar-refractivity contribution is 7.93. The first-order valence-corrected chi connectivity index (χ1v) is 7.95. The molecular formula is C13H18FNO3S. The zero-order chi connectivity index (χ0) is 14.3. The maximum Gasteiger partial charge on any atom is 0.317 e. The van der Waals surface area contributed by atoms with Gasteiger partial charge >= 0.3 is 5.97 Å². The Morgan fingerprint density at radius 3 is 2.53 bits per heavy atom. The lowest BCUT2D eigenvalue weighted by Crippen LogP contribution is -2.17. The molecule has 0 aromatic heterocycles. The zero-order valence-electron chi connectivity index (χ0n) is 10.8. The zero-order valence-corrected chi connectivity index (χ0v) is 11.7. The Kier molecular flexibility index (Phi) is 5.95. The summed E-state index contributed by atoms with van der Waals surface area (Å²) in [5.74, 6) is -1.94. The van der Waals surface area contributed by atoms with Crippen molar-refractivity contribution in [2.24, 2.45) is 4.36 Å². The summed E-state index contributed by atoms with van der Waals surface area (Å²) < 4.78 is 29.3. The highest BCUT2D eigenvalue weighted by Gasteiger charge is 2.15. The molecule has 0 saturated carbocycles. The minimum absolute atomic E-state index is 0.0449. The molecule has 1 N–H and O–H groups in total. The Labute approximate surface area is 112 Å². The van der Waals surface area contributed by atoms with Crippen LogP contribution in [0.5, 0.6) is 0 Å². The summed E-state index contributed by atoms with van der Waals surface area (Å²) in [5, 5.41) is 8.83. The summed E-state index contributed by atoms with van der Waals surface area (Å²) in [6.45, 7) is 2.37. The molecule has 19 heavy (non-hydrogen) atoms. The van der Waals surface area contributed by atoms with E-state index < -0.39 is 21.5 Å². The van der Waals surface area contributed by atoms with E-state index in [9.17, 15) is 13.4 Å². The molecule has 0 saturated heterocycles. The fourth-order valence-corrected chi connectivity index (χ4v) is 3.41. The minimum Gasteiger partial charge on any atom is -0.481 e. The monoisotopic (exact) mass is 287 g/mol. The number of carbonyl (C=O) groups is 1. The molecule has 1 unspecified atom stereocenters. The van der Waals surface area contributed by atoms with Crippen molar-refractivity contribution in [3.05, 3.63) is 35.6 Å². The fourth-order valence-electron chi connectivity index (χ4n) is 1.57. The smallest absolute Gasteiger partial charge is 0.317 e. The molecule has 0 spiro atoms. The lowest BCUT2D eigenvalue weighted by atomic mass is 10.2. The number of hydrogen-bond donors (Lipinski definition) is 1. The Morgan fingerprint density at radius 1 is 1.37 bits per heavy atom. The lowest BCUT2D eigenvalue weighted by Gasteiger charge is -2.08. The average Bonchev–Trinajstić information content (AvgIpc) is 2.31. The normalized spacial score (nSPS) is 13.8. The first kappa shape index (κ1) is 15.6. The van der Waals surface area contributed by atoms with E-state index >= 15 is 0 Å². The van der Waals surface area contributed by atoms with E-state index in [1.54, 1.807) is 0 Å². The third kappa shape index (κ3) is 5.83. The van der Waals surface area contributed by atoms with Crippen molar-refractivity contribution in [1.29, 1.82) is 0 Å². The largest absolute Gasteiger partial charge is 0.481 e. The van der Waals surface area contributed by atoms with E-state index in [4.69, 9.17) is 5.11 Å². The van der Waals surface area contributed by atoms with Gasteiger partial charge in [0.05, 0.1) is 15.5 Å². The minimum atomic E-state index is -2.82.